The van der Waals surface area contributed by atoms with Crippen molar-refractivity contribution in [3.63, 3.8) is 0 Å². The minimum absolute atomic E-state index is 0.122. The van der Waals surface area contributed by atoms with Crippen LogP contribution in [0.5, 0.6) is 5.75 Å². The van der Waals surface area contributed by atoms with E-state index in [1.807, 2.05) is 24.3 Å². The Hall–Kier alpha value is -2.42. The second-order valence-electron chi connectivity index (χ2n) is 6.40. The maximum absolute atomic E-state index is 12.7. The summed E-state index contributed by atoms with van der Waals surface area (Å²) in [5.41, 5.74) is 1.40. The number of hydrogen-bond donors (Lipinski definition) is 1. The van der Waals surface area contributed by atoms with Gasteiger partial charge in [0.1, 0.15) is 5.75 Å². The molecule has 0 radical (unpaired) electrons. The Kier molecular flexibility index (Phi) is 6.66. The molecule has 28 heavy (non-hydrogen) atoms. The smallest absolute Gasteiger partial charge is 0.251 e. The van der Waals surface area contributed by atoms with Crippen LogP contribution in [0.3, 0.4) is 0 Å². The number of nitrogens with one attached hydrogen (secondary N) is 1. The van der Waals surface area contributed by atoms with Gasteiger partial charge >= 0.3 is 0 Å². The average molecular weight is 404 g/mol. The molecule has 0 bridgehead atoms. The molecule has 1 N–H and O–H groups in total. The van der Waals surface area contributed by atoms with Crippen molar-refractivity contribution in [3.05, 3.63) is 59.7 Å². The highest BCUT2D eigenvalue weighted by atomic mass is 32.2. The fraction of sp³-hybridized carbons (Fsp3) is 0.350. The highest BCUT2D eigenvalue weighted by Crippen LogP contribution is 2.18. The van der Waals surface area contributed by atoms with Gasteiger partial charge in [-0.25, -0.2) is 8.42 Å². The Morgan fingerprint density at radius 1 is 1.14 bits per heavy atom. The number of morpholine rings is 1. The second kappa shape index (κ2) is 9.18. The number of benzene rings is 2. The van der Waals surface area contributed by atoms with Crippen molar-refractivity contribution in [1.82, 2.24) is 9.62 Å². The van der Waals surface area contributed by atoms with Gasteiger partial charge in [0.15, 0.2) is 0 Å². The molecule has 1 fully saturated rings. The Labute approximate surface area is 165 Å². The molecule has 0 saturated carbocycles. The third kappa shape index (κ3) is 4.89. The van der Waals surface area contributed by atoms with Gasteiger partial charge in [-0.1, -0.05) is 18.2 Å². The van der Waals surface area contributed by atoms with Crippen molar-refractivity contribution in [2.75, 3.05) is 40.0 Å². The minimum atomic E-state index is -3.63. The molecule has 0 aliphatic carbocycles. The summed E-state index contributed by atoms with van der Waals surface area (Å²) in [6.07, 6.45) is 0.668. The average Bonchev–Trinajstić information content (AvgIpc) is 2.75. The number of carbonyl (C=O) groups is 1. The Morgan fingerprint density at radius 3 is 2.54 bits per heavy atom. The lowest BCUT2D eigenvalue weighted by atomic mass is 10.1. The molecule has 8 heteroatoms. The first-order valence-electron chi connectivity index (χ1n) is 9.10. The van der Waals surface area contributed by atoms with Crippen molar-refractivity contribution in [3.8, 4) is 5.75 Å². The monoisotopic (exact) mass is 404 g/mol. The van der Waals surface area contributed by atoms with Gasteiger partial charge in [0.2, 0.25) is 10.0 Å². The fourth-order valence-electron chi connectivity index (χ4n) is 2.95. The van der Waals surface area contributed by atoms with Crippen LogP contribution in [-0.4, -0.2) is 58.6 Å². The lowest BCUT2D eigenvalue weighted by molar-refractivity contribution is 0.0730. The van der Waals surface area contributed by atoms with Crippen LogP contribution in [0.25, 0.3) is 0 Å². The zero-order chi connectivity index (χ0) is 20.0. The summed E-state index contributed by atoms with van der Waals surface area (Å²) < 4.78 is 37.2. The molecule has 1 saturated heterocycles. The summed E-state index contributed by atoms with van der Waals surface area (Å²) in [5, 5.41) is 2.84. The SMILES string of the molecule is COc1ccc(CCNC(=O)c2cccc(S(=O)(=O)N3CCOCC3)c2)cc1. The van der Waals surface area contributed by atoms with E-state index in [1.165, 1.54) is 16.4 Å². The molecular formula is C20H24N2O5S. The summed E-state index contributed by atoms with van der Waals surface area (Å²) in [6.45, 7) is 1.85. The molecule has 2 aromatic rings. The van der Waals surface area contributed by atoms with Gasteiger partial charge in [0.25, 0.3) is 5.91 Å². The zero-order valence-corrected chi connectivity index (χ0v) is 16.6. The summed E-state index contributed by atoms with van der Waals surface area (Å²) in [4.78, 5) is 12.6. The number of sulfonamides is 1. The van der Waals surface area contributed by atoms with E-state index in [4.69, 9.17) is 9.47 Å². The minimum Gasteiger partial charge on any atom is -0.497 e. The molecule has 150 valence electrons. The molecule has 1 aliphatic heterocycles. The van der Waals surface area contributed by atoms with Crippen molar-refractivity contribution in [1.29, 1.82) is 0 Å². The van der Waals surface area contributed by atoms with Crippen LogP contribution in [-0.2, 0) is 21.2 Å². The predicted octanol–water partition coefficient (Wildman–Crippen LogP) is 1.69. The van der Waals surface area contributed by atoms with Gasteiger partial charge < -0.3 is 14.8 Å². The molecule has 7 nitrogen and oxygen atoms in total. The molecule has 1 amide bonds. The van der Waals surface area contributed by atoms with E-state index >= 15 is 0 Å². The van der Waals surface area contributed by atoms with Gasteiger partial charge in [-0.3, -0.25) is 4.79 Å². The van der Waals surface area contributed by atoms with Crippen LogP contribution in [0.1, 0.15) is 15.9 Å². The zero-order valence-electron chi connectivity index (χ0n) is 15.8. The summed E-state index contributed by atoms with van der Waals surface area (Å²) in [5.74, 6) is 0.485. The highest BCUT2D eigenvalue weighted by Gasteiger charge is 2.26. The summed E-state index contributed by atoms with van der Waals surface area (Å²) in [7, 11) is -2.01. The Balaban J connectivity index is 1.61. The van der Waals surface area contributed by atoms with Crippen molar-refractivity contribution in [2.45, 2.75) is 11.3 Å². The van der Waals surface area contributed by atoms with E-state index in [2.05, 4.69) is 5.32 Å². The number of nitrogens with zero attached hydrogens (tertiary/aromatic N) is 1. The van der Waals surface area contributed by atoms with Crippen molar-refractivity contribution >= 4 is 15.9 Å². The number of methoxy groups -OCH3 is 1. The van der Waals surface area contributed by atoms with Crippen molar-refractivity contribution < 1.29 is 22.7 Å². The van der Waals surface area contributed by atoms with Gasteiger partial charge in [-0.2, -0.15) is 4.31 Å². The van der Waals surface area contributed by atoms with E-state index in [9.17, 15) is 13.2 Å². The van der Waals surface area contributed by atoms with E-state index in [0.717, 1.165) is 11.3 Å². The van der Waals surface area contributed by atoms with E-state index < -0.39 is 10.0 Å². The molecule has 3 rings (SSSR count). The predicted molar refractivity (Wildman–Crippen MR) is 105 cm³/mol. The van der Waals surface area contributed by atoms with Crippen LogP contribution in [0.2, 0.25) is 0 Å². The fourth-order valence-corrected chi connectivity index (χ4v) is 4.40. The molecule has 0 aromatic heterocycles. The molecule has 0 atom stereocenters. The second-order valence-corrected chi connectivity index (χ2v) is 8.34. The maximum atomic E-state index is 12.7. The topological polar surface area (TPSA) is 84.9 Å². The first-order valence-corrected chi connectivity index (χ1v) is 10.5. The molecule has 0 spiro atoms. The third-order valence-electron chi connectivity index (χ3n) is 4.56. The van der Waals surface area contributed by atoms with E-state index in [0.29, 0.717) is 44.8 Å². The van der Waals surface area contributed by atoms with E-state index in [1.54, 1.807) is 19.2 Å². The maximum Gasteiger partial charge on any atom is 0.251 e. The lowest BCUT2D eigenvalue weighted by Gasteiger charge is -2.26. The van der Waals surface area contributed by atoms with Crippen LogP contribution in [0, 0.1) is 0 Å². The first-order chi connectivity index (χ1) is 13.5. The van der Waals surface area contributed by atoms with Crippen LogP contribution < -0.4 is 10.1 Å². The van der Waals surface area contributed by atoms with Gasteiger partial charge in [0.05, 0.1) is 25.2 Å². The van der Waals surface area contributed by atoms with Gasteiger partial charge in [-0.05, 0) is 42.3 Å². The standard InChI is InChI=1S/C20H24N2O5S/c1-26-18-7-5-16(6-8-18)9-10-21-20(23)17-3-2-4-19(15-17)28(24,25)22-11-13-27-14-12-22/h2-8,15H,9-14H2,1H3,(H,21,23). The number of carbonyl (C=O) groups excluding carboxylic acids is 1. The normalized spacial score (nSPS) is 15.2. The lowest BCUT2D eigenvalue weighted by Crippen LogP contribution is -2.40. The number of hydrogen-bond acceptors (Lipinski definition) is 5. The third-order valence-corrected chi connectivity index (χ3v) is 6.46. The summed E-state index contributed by atoms with van der Waals surface area (Å²) in [6, 6.07) is 13.8. The van der Waals surface area contributed by atoms with Crippen LogP contribution >= 0.6 is 0 Å². The number of rotatable bonds is 7. The number of ether oxygens (including phenoxy) is 2. The Bertz CT molecular complexity index is 906. The molecular weight excluding hydrogens is 380 g/mol. The molecule has 1 aliphatic rings. The largest absolute Gasteiger partial charge is 0.497 e. The van der Waals surface area contributed by atoms with E-state index in [-0.39, 0.29) is 10.8 Å². The quantitative estimate of drug-likeness (QED) is 0.759. The number of amides is 1. The van der Waals surface area contributed by atoms with Gasteiger partial charge in [-0.15, -0.1) is 0 Å². The summed E-state index contributed by atoms with van der Waals surface area (Å²) >= 11 is 0. The van der Waals surface area contributed by atoms with Crippen molar-refractivity contribution in [2.24, 2.45) is 0 Å². The first kappa shape index (κ1) is 20.3. The molecule has 2 aromatic carbocycles. The van der Waals surface area contributed by atoms with Crippen LogP contribution in [0.15, 0.2) is 53.4 Å². The highest BCUT2D eigenvalue weighted by molar-refractivity contribution is 7.89. The van der Waals surface area contributed by atoms with Crippen LogP contribution in [0.4, 0.5) is 0 Å². The van der Waals surface area contributed by atoms with Gasteiger partial charge in [0, 0.05) is 25.2 Å². The molecule has 1 heterocycles. The molecule has 0 unspecified atom stereocenters. The Morgan fingerprint density at radius 2 is 1.86 bits per heavy atom.